The van der Waals surface area contributed by atoms with Crippen LogP contribution in [0.25, 0.3) is 0 Å². The van der Waals surface area contributed by atoms with Crippen LogP contribution in [0, 0.1) is 0 Å². The van der Waals surface area contributed by atoms with Crippen molar-refractivity contribution in [2.75, 3.05) is 0 Å². The topological polar surface area (TPSA) is 22.1 Å². The van der Waals surface area contributed by atoms with Crippen LogP contribution in [0.2, 0.25) is 0 Å². The molecule has 0 amide bonds. The van der Waals surface area contributed by atoms with Crippen LogP contribution in [0.5, 0.6) is 5.75 Å². The monoisotopic (exact) mass is 269 g/mol. The second-order valence-electron chi connectivity index (χ2n) is 2.71. The number of ether oxygens (including phenoxy) is 1. The van der Waals surface area contributed by atoms with E-state index >= 15 is 0 Å². The summed E-state index contributed by atoms with van der Waals surface area (Å²) in [5, 5.41) is 0. The molecular weight excluding hydrogens is 262 g/mol. The van der Waals surface area contributed by atoms with Crippen molar-refractivity contribution in [2.45, 2.75) is 6.61 Å². The zero-order valence-electron chi connectivity index (χ0n) is 7.31. The summed E-state index contributed by atoms with van der Waals surface area (Å²) in [6.45, 7) is 0.584. The Morgan fingerprint density at radius 2 is 2.36 bits per heavy atom. The highest BCUT2D eigenvalue weighted by Crippen LogP contribution is 2.19. The Morgan fingerprint density at radius 3 is 3.07 bits per heavy atom. The van der Waals surface area contributed by atoms with Gasteiger partial charge < -0.3 is 4.74 Å². The molecule has 0 bridgehead atoms. The van der Waals surface area contributed by atoms with Gasteiger partial charge in [-0.3, -0.25) is 4.98 Å². The molecule has 0 unspecified atom stereocenters. The van der Waals surface area contributed by atoms with Crippen molar-refractivity contribution in [2.24, 2.45) is 0 Å². The lowest BCUT2D eigenvalue weighted by Crippen LogP contribution is -1.92. The number of hydrogen-bond donors (Lipinski definition) is 0. The maximum atomic E-state index is 5.57. The van der Waals surface area contributed by atoms with Crippen LogP contribution in [-0.2, 0) is 6.61 Å². The van der Waals surface area contributed by atoms with E-state index < -0.39 is 0 Å². The summed E-state index contributed by atoms with van der Waals surface area (Å²) in [6, 6.07) is 7.80. The average molecular weight is 270 g/mol. The van der Waals surface area contributed by atoms with E-state index in [9.17, 15) is 0 Å². The molecule has 0 aliphatic rings. The summed E-state index contributed by atoms with van der Waals surface area (Å²) in [6.07, 6.45) is 1.82. The molecule has 0 spiro atoms. The number of hydrogen-bond acceptors (Lipinski definition) is 3. The summed E-state index contributed by atoms with van der Waals surface area (Å²) < 4.78 is 6.60. The predicted molar refractivity (Wildman–Crippen MR) is 60.6 cm³/mol. The van der Waals surface area contributed by atoms with Crippen molar-refractivity contribution < 1.29 is 4.74 Å². The Balaban J connectivity index is 1.98. The molecular formula is C10H8BrNOS. The first-order valence-electron chi connectivity index (χ1n) is 4.10. The van der Waals surface area contributed by atoms with Gasteiger partial charge in [0.25, 0.3) is 0 Å². The molecule has 0 saturated carbocycles. The molecule has 0 N–H and O–H groups in total. The molecule has 2 aromatic rings. The maximum Gasteiger partial charge on any atom is 0.124 e. The molecule has 14 heavy (non-hydrogen) atoms. The van der Waals surface area contributed by atoms with Gasteiger partial charge in [-0.15, -0.1) is 11.3 Å². The van der Waals surface area contributed by atoms with Crippen LogP contribution < -0.4 is 4.74 Å². The first-order chi connectivity index (χ1) is 6.84. The maximum absolute atomic E-state index is 5.57. The van der Waals surface area contributed by atoms with E-state index in [0.717, 1.165) is 15.1 Å². The fourth-order valence-corrected chi connectivity index (χ4v) is 1.91. The van der Waals surface area contributed by atoms with Crippen LogP contribution >= 0.6 is 27.3 Å². The Morgan fingerprint density at radius 1 is 1.43 bits per heavy atom. The van der Waals surface area contributed by atoms with Gasteiger partial charge in [-0.25, -0.2) is 0 Å². The van der Waals surface area contributed by atoms with Crippen molar-refractivity contribution in [1.29, 1.82) is 0 Å². The molecule has 4 heteroatoms. The summed E-state index contributed by atoms with van der Waals surface area (Å²) in [7, 11) is 0. The molecule has 1 aromatic heterocycles. The number of benzene rings is 1. The van der Waals surface area contributed by atoms with Gasteiger partial charge in [-0.1, -0.05) is 22.0 Å². The van der Waals surface area contributed by atoms with Gasteiger partial charge in [0.15, 0.2) is 0 Å². The summed E-state index contributed by atoms with van der Waals surface area (Å²) in [5.74, 6) is 0.868. The largest absolute Gasteiger partial charge is 0.488 e. The Kier molecular flexibility index (Phi) is 3.16. The summed E-state index contributed by atoms with van der Waals surface area (Å²) in [4.78, 5) is 5.11. The van der Waals surface area contributed by atoms with Crippen LogP contribution in [0.15, 0.2) is 40.4 Å². The Bertz CT molecular complexity index is 402. The molecule has 0 fully saturated rings. The van der Waals surface area contributed by atoms with Gasteiger partial charge in [-0.05, 0) is 18.2 Å². The Labute approximate surface area is 94.7 Å². The van der Waals surface area contributed by atoms with E-state index in [1.165, 1.54) is 0 Å². The standard InChI is InChI=1S/C10H8BrNOS/c11-8-2-1-3-9(4-8)13-6-10-5-12-7-14-10/h1-5,7H,6H2. The number of rotatable bonds is 3. The second-order valence-corrected chi connectivity index (χ2v) is 4.60. The van der Waals surface area contributed by atoms with E-state index in [0.29, 0.717) is 6.61 Å². The van der Waals surface area contributed by atoms with E-state index in [-0.39, 0.29) is 0 Å². The predicted octanol–water partition coefficient (Wildman–Crippen LogP) is 3.48. The van der Waals surface area contributed by atoms with Gasteiger partial charge in [0.1, 0.15) is 12.4 Å². The first kappa shape index (κ1) is 9.68. The minimum Gasteiger partial charge on any atom is -0.488 e. The molecule has 1 heterocycles. The number of halogens is 1. The van der Waals surface area contributed by atoms with Gasteiger partial charge in [0, 0.05) is 10.7 Å². The SMILES string of the molecule is Brc1cccc(OCc2cncs2)c1. The van der Waals surface area contributed by atoms with Gasteiger partial charge in [0.05, 0.1) is 10.4 Å². The van der Waals surface area contributed by atoms with Crippen molar-refractivity contribution in [3.05, 3.63) is 45.3 Å². The zero-order valence-corrected chi connectivity index (χ0v) is 9.72. The smallest absolute Gasteiger partial charge is 0.124 e. The Hall–Kier alpha value is -0.870. The number of aromatic nitrogens is 1. The minimum absolute atomic E-state index is 0.584. The van der Waals surface area contributed by atoms with E-state index in [2.05, 4.69) is 20.9 Å². The summed E-state index contributed by atoms with van der Waals surface area (Å²) >= 11 is 4.99. The lowest BCUT2D eigenvalue weighted by Gasteiger charge is -2.03. The molecule has 0 saturated heterocycles. The van der Waals surface area contributed by atoms with Crippen LogP contribution in [0.1, 0.15) is 4.88 Å². The van der Waals surface area contributed by atoms with Crippen molar-refractivity contribution >= 4 is 27.3 Å². The van der Waals surface area contributed by atoms with Gasteiger partial charge >= 0.3 is 0 Å². The quantitative estimate of drug-likeness (QED) is 0.851. The third kappa shape index (κ3) is 2.56. The highest BCUT2D eigenvalue weighted by molar-refractivity contribution is 9.10. The summed E-state index contributed by atoms with van der Waals surface area (Å²) in [5.41, 5.74) is 1.81. The molecule has 0 aliphatic heterocycles. The zero-order chi connectivity index (χ0) is 9.80. The highest BCUT2D eigenvalue weighted by atomic mass is 79.9. The third-order valence-electron chi connectivity index (χ3n) is 1.66. The lowest BCUT2D eigenvalue weighted by atomic mass is 10.3. The molecule has 2 rings (SSSR count). The highest BCUT2D eigenvalue weighted by Gasteiger charge is 1.97. The fraction of sp³-hybridized carbons (Fsp3) is 0.100. The fourth-order valence-electron chi connectivity index (χ4n) is 1.02. The van der Waals surface area contributed by atoms with Gasteiger partial charge in [-0.2, -0.15) is 0 Å². The van der Waals surface area contributed by atoms with E-state index in [1.54, 1.807) is 16.8 Å². The lowest BCUT2D eigenvalue weighted by molar-refractivity contribution is 0.309. The third-order valence-corrected chi connectivity index (χ3v) is 2.91. The van der Waals surface area contributed by atoms with Crippen molar-refractivity contribution in [3.8, 4) is 5.75 Å². The molecule has 0 atom stereocenters. The molecule has 0 aliphatic carbocycles. The number of nitrogens with zero attached hydrogens (tertiary/aromatic N) is 1. The van der Waals surface area contributed by atoms with Crippen molar-refractivity contribution in [3.63, 3.8) is 0 Å². The number of thiazole rings is 1. The second kappa shape index (κ2) is 4.57. The molecule has 0 radical (unpaired) electrons. The van der Waals surface area contributed by atoms with Gasteiger partial charge in [0.2, 0.25) is 0 Å². The molecule has 2 nitrogen and oxygen atoms in total. The van der Waals surface area contributed by atoms with Crippen LogP contribution in [-0.4, -0.2) is 4.98 Å². The van der Waals surface area contributed by atoms with E-state index in [1.807, 2.05) is 30.5 Å². The average Bonchev–Trinajstić information content (AvgIpc) is 2.67. The van der Waals surface area contributed by atoms with E-state index in [4.69, 9.17) is 4.74 Å². The normalized spacial score (nSPS) is 10.1. The van der Waals surface area contributed by atoms with Crippen LogP contribution in [0.4, 0.5) is 0 Å². The van der Waals surface area contributed by atoms with Crippen LogP contribution in [0.3, 0.4) is 0 Å². The minimum atomic E-state index is 0.584. The van der Waals surface area contributed by atoms with Crippen molar-refractivity contribution in [1.82, 2.24) is 4.98 Å². The molecule has 72 valence electrons. The molecule has 1 aromatic carbocycles. The first-order valence-corrected chi connectivity index (χ1v) is 5.77.